The Bertz CT molecular complexity index is 746. The number of aromatic nitrogens is 2. The number of carbonyl (C=O) groups is 1. The van der Waals surface area contributed by atoms with Crippen LogP contribution in [0.1, 0.15) is 5.56 Å². The summed E-state index contributed by atoms with van der Waals surface area (Å²) in [5, 5.41) is 9.99. The van der Waals surface area contributed by atoms with Crippen LogP contribution in [0.15, 0.2) is 63.6 Å². The minimum absolute atomic E-state index is 0.0177. The van der Waals surface area contributed by atoms with E-state index < -0.39 is 0 Å². The van der Waals surface area contributed by atoms with Gasteiger partial charge in [-0.1, -0.05) is 35.4 Å². The van der Waals surface area contributed by atoms with E-state index in [9.17, 15) is 4.79 Å². The summed E-state index contributed by atoms with van der Waals surface area (Å²) in [6.07, 6.45) is 4.59. The molecule has 2 heterocycles. The van der Waals surface area contributed by atoms with Crippen molar-refractivity contribution in [2.45, 2.75) is 0 Å². The third-order valence-corrected chi connectivity index (χ3v) is 2.61. The first-order chi connectivity index (χ1) is 10.3. The lowest BCUT2D eigenvalue weighted by atomic mass is 10.2. The highest BCUT2D eigenvalue weighted by atomic mass is 16.4. The fourth-order valence-electron chi connectivity index (χ4n) is 1.66. The number of benzene rings is 1. The van der Waals surface area contributed by atoms with Gasteiger partial charge < -0.3 is 8.83 Å². The van der Waals surface area contributed by atoms with Gasteiger partial charge in [0.1, 0.15) is 0 Å². The molecule has 0 atom stereocenters. The second-order valence-electron chi connectivity index (χ2n) is 4.12. The summed E-state index contributed by atoms with van der Waals surface area (Å²) in [6.45, 7) is 0. The molecule has 0 saturated carbocycles. The van der Waals surface area contributed by atoms with Crippen molar-refractivity contribution in [1.29, 1.82) is 0 Å². The Morgan fingerprint density at radius 3 is 2.71 bits per heavy atom. The number of nitrogens with zero attached hydrogens (tertiary/aromatic N) is 2. The molecule has 0 spiro atoms. The van der Waals surface area contributed by atoms with Gasteiger partial charge in [-0.15, -0.1) is 5.10 Å². The SMILES string of the molecule is O=C(C=Cc1ccccc1)Nc1nnc(-c2ccco2)o1. The second kappa shape index (κ2) is 5.87. The van der Waals surface area contributed by atoms with Crippen LogP contribution >= 0.6 is 0 Å². The second-order valence-corrected chi connectivity index (χ2v) is 4.12. The van der Waals surface area contributed by atoms with Crippen LogP contribution in [0.5, 0.6) is 0 Å². The first-order valence-corrected chi connectivity index (χ1v) is 6.23. The Morgan fingerprint density at radius 1 is 1.10 bits per heavy atom. The molecule has 21 heavy (non-hydrogen) atoms. The van der Waals surface area contributed by atoms with Crippen LogP contribution in [0, 0.1) is 0 Å². The molecule has 0 fully saturated rings. The molecule has 1 amide bonds. The topological polar surface area (TPSA) is 81.2 Å². The third-order valence-electron chi connectivity index (χ3n) is 2.61. The smallest absolute Gasteiger partial charge is 0.322 e. The van der Waals surface area contributed by atoms with E-state index in [-0.39, 0.29) is 17.8 Å². The lowest BCUT2D eigenvalue weighted by molar-refractivity contribution is -0.112. The van der Waals surface area contributed by atoms with Crippen LogP contribution < -0.4 is 5.32 Å². The van der Waals surface area contributed by atoms with Gasteiger partial charge in [0.2, 0.25) is 0 Å². The largest absolute Gasteiger partial charge is 0.459 e. The molecule has 6 heteroatoms. The summed E-state index contributed by atoms with van der Waals surface area (Å²) in [4.78, 5) is 11.7. The van der Waals surface area contributed by atoms with Crippen LogP contribution in [-0.2, 0) is 4.79 Å². The summed E-state index contributed by atoms with van der Waals surface area (Å²) in [5.41, 5.74) is 0.925. The minimum Gasteiger partial charge on any atom is -0.459 e. The molecule has 0 aliphatic rings. The molecular weight excluding hydrogens is 270 g/mol. The maximum atomic E-state index is 11.7. The quantitative estimate of drug-likeness (QED) is 0.743. The van der Waals surface area contributed by atoms with Gasteiger partial charge in [-0.2, -0.15) is 0 Å². The number of nitrogens with one attached hydrogen (secondary N) is 1. The van der Waals surface area contributed by atoms with E-state index in [1.54, 1.807) is 18.2 Å². The van der Waals surface area contributed by atoms with E-state index in [0.717, 1.165) is 5.56 Å². The number of hydrogen-bond donors (Lipinski definition) is 1. The third kappa shape index (κ3) is 3.24. The molecule has 0 bridgehead atoms. The van der Waals surface area contributed by atoms with Gasteiger partial charge in [0, 0.05) is 6.08 Å². The van der Waals surface area contributed by atoms with E-state index >= 15 is 0 Å². The van der Waals surface area contributed by atoms with E-state index in [2.05, 4.69) is 15.5 Å². The maximum absolute atomic E-state index is 11.7. The lowest BCUT2D eigenvalue weighted by Crippen LogP contribution is -2.07. The van der Waals surface area contributed by atoms with Crippen molar-refractivity contribution in [3.8, 4) is 11.7 Å². The summed E-state index contributed by atoms with van der Waals surface area (Å²) in [6, 6.07) is 12.9. The summed E-state index contributed by atoms with van der Waals surface area (Å²) < 4.78 is 10.4. The van der Waals surface area contributed by atoms with Gasteiger partial charge in [-0.05, 0) is 23.8 Å². The zero-order chi connectivity index (χ0) is 14.5. The number of carbonyl (C=O) groups excluding carboxylic acids is 1. The fourth-order valence-corrected chi connectivity index (χ4v) is 1.66. The molecular formula is C15H11N3O3. The molecule has 0 aliphatic heterocycles. The molecule has 6 nitrogen and oxygen atoms in total. The normalized spacial score (nSPS) is 10.9. The van der Waals surface area contributed by atoms with Crippen molar-refractivity contribution in [3.05, 3.63) is 60.4 Å². The minimum atomic E-state index is -0.353. The van der Waals surface area contributed by atoms with Crippen molar-refractivity contribution in [1.82, 2.24) is 10.2 Å². The zero-order valence-electron chi connectivity index (χ0n) is 10.9. The Labute approximate surface area is 120 Å². The number of anilines is 1. The standard InChI is InChI=1S/C15H11N3O3/c19-13(9-8-11-5-2-1-3-6-11)16-15-18-17-14(21-15)12-7-4-10-20-12/h1-10H,(H,16,18,19). The van der Waals surface area contributed by atoms with Crippen molar-refractivity contribution in [2.75, 3.05) is 5.32 Å². The number of hydrogen-bond acceptors (Lipinski definition) is 5. The van der Waals surface area contributed by atoms with Crippen LogP contribution in [0.25, 0.3) is 17.7 Å². The molecule has 1 N–H and O–H groups in total. The molecule has 104 valence electrons. The molecule has 1 aromatic carbocycles. The highest BCUT2D eigenvalue weighted by molar-refractivity contribution is 6.00. The molecule has 3 aromatic rings. The first kappa shape index (κ1) is 12.9. The average Bonchev–Trinajstić information content (AvgIpc) is 3.17. The zero-order valence-corrected chi connectivity index (χ0v) is 10.9. The highest BCUT2D eigenvalue weighted by Gasteiger charge is 2.11. The van der Waals surface area contributed by atoms with Gasteiger partial charge >= 0.3 is 6.01 Å². The number of furan rings is 1. The Morgan fingerprint density at radius 2 is 1.95 bits per heavy atom. The maximum Gasteiger partial charge on any atom is 0.322 e. The van der Waals surface area contributed by atoms with Crippen molar-refractivity contribution < 1.29 is 13.6 Å². The van der Waals surface area contributed by atoms with E-state index in [4.69, 9.17) is 8.83 Å². The predicted octanol–water partition coefficient (Wildman–Crippen LogP) is 2.98. The molecule has 3 rings (SSSR count). The molecule has 0 saturated heterocycles. The average molecular weight is 281 g/mol. The van der Waals surface area contributed by atoms with Gasteiger partial charge in [0.05, 0.1) is 6.26 Å². The lowest BCUT2D eigenvalue weighted by Gasteiger charge is -1.94. The molecule has 0 aliphatic carbocycles. The first-order valence-electron chi connectivity index (χ1n) is 6.23. The molecule has 0 radical (unpaired) electrons. The van der Waals surface area contributed by atoms with Gasteiger partial charge in [0.15, 0.2) is 5.76 Å². The van der Waals surface area contributed by atoms with Gasteiger partial charge in [-0.3, -0.25) is 10.1 Å². The summed E-state index contributed by atoms with van der Waals surface area (Å²) in [5.74, 6) is 0.304. The van der Waals surface area contributed by atoms with Crippen molar-refractivity contribution in [3.63, 3.8) is 0 Å². The summed E-state index contributed by atoms with van der Waals surface area (Å²) in [7, 11) is 0. The molecule has 2 aromatic heterocycles. The molecule has 0 unspecified atom stereocenters. The fraction of sp³-hybridized carbons (Fsp3) is 0. The van der Waals surface area contributed by atoms with Crippen molar-refractivity contribution >= 4 is 18.0 Å². The van der Waals surface area contributed by atoms with Crippen LogP contribution in [-0.4, -0.2) is 16.1 Å². The highest BCUT2D eigenvalue weighted by Crippen LogP contribution is 2.19. The van der Waals surface area contributed by atoms with Crippen LogP contribution in [0.3, 0.4) is 0 Å². The van der Waals surface area contributed by atoms with Gasteiger partial charge in [0.25, 0.3) is 11.8 Å². The number of rotatable bonds is 4. The Hall–Kier alpha value is -3.15. The Balaban J connectivity index is 1.64. The summed E-state index contributed by atoms with van der Waals surface area (Å²) >= 11 is 0. The van der Waals surface area contributed by atoms with Crippen molar-refractivity contribution in [2.24, 2.45) is 0 Å². The van der Waals surface area contributed by atoms with Gasteiger partial charge in [-0.25, -0.2) is 0 Å². The van der Waals surface area contributed by atoms with E-state index in [1.807, 2.05) is 30.3 Å². The van der Waals surface area contributed by atoms with Crippen LogP contribution in [0.4, 0.5) is 6.01 Å². The van der Waals surface area contributed by atoms with E-state index in [1.165, 1.54) is 12.3 Å². The monoisotopic (exact) mass is 281 g/mol. The Kier molecular flexibility index (Phi) is 3.60. The van der Waals surface area contributed by atoms with E-state index in [0.29, 0.717) is 5.76 Å². The van der Waals surface area contributed by atoms with Crippen LogP contribution in [0.2, 0.25) is 0 Å². The number of amides is 1. The predicted molar refractivity (Wildman–Crippen MR) is 76.1 cm³/mol.